The number of phenolic OH excluding ortho intramolecular Hbond substituents is 2. The van der Waals surface area contributed by atoms with E-state index in [1.165, 1.54) is 52.0 Å². The minimum atomic E-state index is -1.54. The number of carbonyl (C=O) groups excluding carboxylic acids is 6. The molecule has 4 N–H and O–H groups in total. The number of hydrogen-bond donors (Lipinski definition) is 4. The zero-order valence-corrected chi connectivity index (χ0v) is 79.7. The zero-order chi connectivity index (χ0) is 94.7. The van der Waals surface area contributed by atoms with Crippen LogP contribution < -0.4 is 67.5 Å². The molecule has 8 bridgehead atoms. The van der Waals surface area contributed by atoms with Gasteiger partial charge < -0.3 is 95.5 Å². The molecule has 6 aromatic carbocycles. The van der Waals surface area contributed by atoms with Crippen molar-refractivity contribution in [3.63, 3.8) is 0 Å². The van der Waals surface area contributed by atoms with Crippen LogP contribution in [0.2, 0.25) is 0 Å². The number of esters is 2. The molecule has 14 aliphatic rings. The minimum absolute atomic E-state index is 0. The van der Waals surface area contributed by atoms with E-state index in [1.807, 2.05) is 40.1 Å². The average Bonchev–Trinajstić information content (AvgIpc) is 1.34. The molecular formula is C97H116N8O26S2. The molecule has 2 spiro atoms. The highest BCUT2D eigenvalue weighted by Crippen LogP contribution is 2.68. The van der Waals surface area contributed by atoms with Gasteiger partial charge >= 0.3 is 36.6 Å². The van der Waals surface area contributed by atoms with E-state index in [0.29, 0.717) is 140 Å². The molecule has 6 aromatic rings. The van der Waals surface area contributed by atoms with Crippen LogP contribution in [0.3, 0.4) is 0 Å². The second kappa shape index (κ2) is 34.9. The molecule has 14 aliphatic heterocycles. The molecule has 0 amide bonds. The number of phenols is 2. The molecule has 4 saturated heterocycles. The van der Waals surface area contributed by atoms with Gasteiger partial charge in [-0.15, -0.1) is 23.5 Å². The van der Waals surface area contributed by atoms with Gasteiger partial charge in [0.25, 0.3) is 0 Å². The smallest absolute Gasteiger partial charge is 0.507 e. The third-order valence-corrected chi connectivity index (χ3v) is 29.6. The van der Waals surface area contributed by atoms with Crippen molar-refractivity contribution in [3.05, 3.63) is 125 Å². The van der Waals surface area contributed by atoms with Crippen LogP contribution in [0.25, 0.3) is 0 Å². The van der Waals surface area contributed by atoms with Crippen molar-refractivity contribution in [3.8, 4) is 92.6 Å². The number of aryl methyl sites for hydroxylation is 2. The lowest BCUT2D eigenvalue weighted by Gasteiger charge is -2.62. The first-order valence-electron chi connectivity index (χ1n) is 44.1. The van der Waals surface area contributed by atoms with Crippen molar-refractivity contribution in [2.24, 2.45) is 0 Å². The van der Waals surface area contributed by atoms with E-state index in [9.17, 15) is 44.7 Å². The molecule has 14 heterocycles. The summed E-state index contributed by atoms with van der Waals surface area (Å²) in [4.78, 5) is 92.5. The first kappa shape index (κ1) is 95.0. The Kier molecular flexibility index (Phi) is 24.9. The molecule has 0 saturated carbocycles. The van der Waals surface area contributed by atoms with Crippen molar-refractivity contribution in [1.29, 1.82) is 10.5 Å². The van der Waals surface area contributed by atoms with Crippen molar-refractivity contribution in [2.45, 2.75) is 248 Å². The van der Waals surface area contributed by atoms with Crippen LogP contribution in [0.5, 0.6) is 80.5 Å². The second-order valence-electron chi connectivity index (χ2n) is 39.2. The number of carbonyl (C=O) groups is 6. The van der Waals surface area contributed by atoms with Gasteiger partial charge in [0.1, 0.15) is 59.2 Å². The quantitative estimate of drug-likeness (QED) is 0.0624. The number of likely N-dealkylation sites (N-methyl/N-ethyl adjacent to an activating group) is 2. The Balaban J connectivity index is 0.000000196. The van der Waals surface area contributed by atoms with Gasteiger partial charge in [0, 0.05) is 93.3 Å². The van der Waals surface area contributed by atoms with Gasteiger partial charge in [-0.1, -0.05) is 19.6 Å². The molecule has 34 nitrogen and oxygen atoms in total. The molecule has 133 heavy (non-hydrogen) atoms. The Morgan fingerprint density at radius 1 is 0.459 bits per heavy atom. The molecule has 2 unspecified atom stereocenters. The minimum Gasteiger partial charge on any atom is -0.507 e. The summed E-state index contributed by atoms with van der Waals surface area (Å²) in [6.45, 7) is 28.3. The molecule has 712 valence electrons. The largest absolute Gasteiger partial charge is 0.514 e. The Labute approximate surface area is 781 Å². The third-order valence-electron chi connectivity index (χ3n) is 26.7. The van der Waals surface area contributed by atoms with Gasteiger partial charge in [0.15, 0.2) is 80.1 Å². The van der Waals surface area contributed by atoms with Gasteiger partial charge in [0.05, 0.1) is 75.2 Å². The number of benzene rings is 6. The van der Waals surface area contributed by atoms with Crippen LogP contribution in [0, 0.1) is 50.4 Å². The van der Waals surface area contributed by atoms with Crippen molar-refractivity contribution >= 4 is 60.1 Å². The summed E-state index contributed by atoms with van der Waals surface area (Å²) in [5, 5.41) is 52.7. The van der Waals surface area contributed by atoms with Gasteiger partial charge in [-0.3, -0.25) is 30.2 Å². The number of nitriles is 2. The third kappa shape index (κ3) is 16.2. The first-order valence-corrected chi connectivity index (χ1v) is 46.1. The molecule has 0 aliphatic carbocycles. The van der Waals surface area contributed by atoms with Crippen LogP contribution in [0.15, 0.2) is 36.4 Å². The number of aromatic hydroxyl groups is 2. The summed E-state index contributed by atoms with van der Waals surface area (Å²) in [5.41, 5.74) is 4.14. The van der Waals surface area contributed by atoms with Gasteiger partial charge in [-0.25, -0.2) is 28.8 Å². The van der Waals surface area contributed by atoms with Gasteiger partial charge in [-0.05, 0) is 219 Å². The maximum Gasteiger partial charge on any atom is 0.514 e. The van der Waals surface area contributed by atoms with Crippen LogP contribution in [-0.4, -0.2) is 219 Å². The van der Waals surface area contributed by atoms with Crippen LogP contribution in [0.1, 0.15) is 214 Å². The summed E-state index contributed by atoms with van der Waals surface area (Å²) >= 11 is 2.86. The fourth-order valence-electron chi connectivity index (χ4n) is 21.6. The monoisotopic (exact) mass is 1870 g/mol. The maximum absolute atomic E-state index is 15.3. The highest BCUT2D eigenvalue weighted by molar-refractivity contribution is 7.99. The van der Waals surface area contributed by atoms with E-state index < -0.39 is 135 Å². The molecule has 36 heteroatoms. The Bertz CT molecular complexity index is 5870. The van der Waals surface area contributed by atoms with E-state index >= 15 is 4.79 Å². The number of nitrogens with zero attached hydrogens (tertiary/aromatic N) is 6. The average molecular weight is 1870 g/mol. The fraction of sp³-hybridized carbons (Fsp3) is 0.546. The van der Waals surface area contributed by atoms with E-state index in [1.54, 1.807) is 121 Å². The van der Waals surface area contributed by atoms with Crippen molar-refractivity contribution < 1.29 is 124 Å². The molecular weight excluding hydrogens is 1760 g/mol. The normalized spacial score (nSPS) is 26.2. The van der Waals surface area contributed by atoms with Crippen LogP contribution >= 0.6 is 23.5 Å². The second-order valence-corrected chi connectivity index (χ2v) is 41.5. The lowest BCUT2D eigenvalue weighted by Crippen LogP contribution is -2.69. The van der Waals surface area contributed by atoms with Gasteiger partial charge in [-0.2, -0.15) is 10.5 Å². The predicted octanol–water partition coefficient (Wildman–Crippen LogP) is 14.6. The summed E-state index contributed by atoms with van der Waals surface area (Å²) in [6, 6.07) is 9.84. The molecule has 14 atom stereocenters. The highest BCUT2D eigenvalue weighted by atomic mass is 32.2. The summed E-state index contributed by atoms with van der Waals surface area (Å²) in [6.07, 6.45) is -1.88. The van der Waals surface area contributed by atoms with E-state index in [0.717, 1.165) is 22.3 Å². The number of fused-ring (bicyclic) bond motifs is 18. The summed E-state index contributed by atoms with van der Waals surface area (Å²) < 4.78 is 108. The number of piperazine rings is 2. The van der Waals surface area contributed by atoms with Gasteiger partial charge in [0.2, 0.25) is 13.6 Å². The number of ether oxygens (including phenoxy) is 18. The SMILES string of the molecule is C.COc1cc2c(cc1OC(=O)OC(C)(C)C)CCN[C@]21CS[C@@H]2c3c(O)c(C)c4c(c3[C@H](COC1=O)N1C2[C@H]2c3c(cc(C)c(OC)c3O)C[C@@H]([C@@H]1C#N)N2C)OCO4.COc1cc2c(cc1OC(=O)OC(C)(C)C)CCN[C@]21CS[C@@H]2c3c(OC(=O)OC(C)(C)C)c(C)c4c(c3[C@H](COC1=O)N1C2[C@H]2c3c(cc(C)c(OC)c3OC(=O)OC(C)(C)C)C[C@@H]([C@@H]1C#N)N2C)OCO4. The van der Waals surface area contributed by atoms with E-state index in [4.69, 9.17) is 85.3 Å². The lowest BCUT2D eigenvalue weighted by atomic mass is 9.71. The first-order chi connectivity index (χ1) is 62.4. The predicted molar refractivity (Wildman–Crippen MR) is 484 cm³/mol. The van der Waals surface area contributed by atoms with Crippen LogP contribution in [-0.2, 0) is 74.8 Å². The topological polar surface area (TPSA) is 394 Å². The summed E-state index contributed by atoms with van der Waals surface area (Å²) in [7, 11) is 9.88. The number of methoxy groups -OCH3 is 4. The lowest BCUT2D eigenvalue weighted by molar-refractivity contribution is -0.158. The summed E-state index contributed by atoms with van der Waals surface area (Å²) in [5.74, 6) is 2.38. The number of thioether (sulfide) groups is 2. The molecule has 4 fully saturated rings. The Morgan fingerprint density at radius 3 is 1.28 bits per heavy atom. The Morgan fingerprint density at radius 2 is 0.850 bits per heavy atom. The number of rotatable bonds is 8. The number of nitrogens with one attached hydrogen (secondary N) is 2. The highest BCUT2D eigenvalue weighted by Gasteiger charge is 2.65. The van der Waals surface area contributed by atoms with Crippen molar-refractivity contribution in [1.82, 2.24) is 30.2 Å². The van der Waals surface area contributed by atoms with E-state index in [-0.39, 0.29) is 97.8 Å². The fourth-order valence-corrected chi connectivity index (χ4v) is 25.0. The molecule has 0 aromatic heterocycles. The maximum atomic E-state index is 15.3. The zero-order valence-electron chi connectivity index (χ0n) is 78.1. The van der Waals surface area contributed by atoms with Crippen LogP contribution in [0.4, 0.5) is 19.2 Å². The van der Waals surface area contributed by atoms with E-state index in [2.05, 4.69) is 42.4 Å². The number of hydrogen-bond acceptors (Lipinski definition) is 36. The standard InChI is InChI=1S/C53H64N4O15S.C43H48N4O11S.CH4/c1-25-17-28-18-30-31(21-54)57-32-22-64-46(58)53(29-20-33(62-13)34(19-27(29)15-16-55-53)67-47(59)70-50(3,4)5)23-73-45(37-36(32)43-42(65-24-66-43)26(2)41(37)68-48(60)71-51(6,7)8)39(57)38(56(30)12)35(28)44(40(25)63-14)69-49(61)72-52(9,10)11;1-19-11-22-12-24-25(15-44)47-26-16-54-40(50)43(23-14-27(52-7)28(13-21(23)9-10-45-43)57-41(51)58-42(3,4)5)17-59-39(31-30(26)38-37(55-18-56-38)20(2)34(31)48)33(47)32(46(24)6)29(22)35(49)36(19)53-8;/h17,19-20,30-32,38-39,45,55H,15-16,18,22-24H2,1-14H3;11,13-14,24-26,32-33,39,45,48-49H,9-10,12,16-18H2,1-8H3;1H4/t30-,31-,32-,38+,39?,45+,53+;24-,25-,26-,32+,33?,39+,43+;/m00./s1. The molecule has 20 rings (SSSR count). The molecule has 0 radical (unpaired) electrons. The Hall–Kier alpha value is -11.2. The van der Waals surface area contributed by atoms with Crippen molar-refractivity contribution in [2.75, 3.05) is 93.9 Å².